The molecular weight excluding hydrogens is 380 g/mol. The van der Waals surface area contributed by atoms with Gasteiger partial charge in [-0.3, -0.25) is 0 Å². The Kier molecular flexibility index (Phi) is 3.78. The second-order valence-electron chi connectivity index (χ2n) is 6.13. The van der Waals surface area contributed by atoms with Gasteiger partial charge in [0.15, 0.2) is 0 Å². The summed E-state index contributed by atoms with van der Waals surface area (Å²) in [5.74, 6) is 0.560. The Balaban J connectivity index is 1.54. The summed E-state index contributed by atoms with van der Waals surface area (Å²) in [6.45, 7) is 0.949. The molecule has 1 aromatic carbocycles. The highest BCUT2D eigenvalue weighted by Crippen LogP contribution is 2.39. The van der Waals surface area contributed by atoms with E-state index in [9.17, 15) is 8.42 Å². The molecule has 0 bridgehead atoms. The molecule has 0 amide bonds. The molecule has 2 fully saturated rings. The predicted molar refractivity (Wildman–Crippen MR) is 88.6 cm³/mol. The number of sulfonamides is 1. The van der Waals surface area contributed by atoms with E-state index in [4.69, 9.17) is 0 Å². The molecule has 1 saturated heterocycles. The third-order valence-electron chi connectivity index (χ3n) is 4.48. The van der Waals surface area contributed by atoms with E-state index < -0.39 is 10.0 Å². The predicted octanol–water partition coefficient (Wildman–Crippen LogP) is 2.55. The number of benzene rings is 1. The van der Waals surface area contributed by atoms with Crippen molar-refractivity contribution >= 4 is 26.0 Å². The molecule has 0 spiro atoms. The van der Waals surface area contributed by atoms with Crippen molar-refractivity contribution in [2.45, 2.75) is 36.1 Å². The second-order valence-corrected chi connectivity index (χ2v) is 8.89. The van der Waals surface area contributed by atoms with Crippen molar-refractivity contribution in [2.75, 3.05) is 13.1 Å². The summed E-state index contributed by atoms with van der Waals surface area (Å²) in [4.78, 5) is 0.318. The van der Waals surface area contributed by atoms with Gasteiger partial charge in [-0.1, -0.05) is 17.3 Å². The van der Waals surface area contributed by atoms with Crippen molar-refractivity contribution in [3.05, 3.63) is 40.6 Å². The number of hydrogen-bond donors (Lipinski definition) is 0. The first-order chi connectivity index (χ1) is 11.1. The van der Waals surface area contributed by atoms with Crippen molar-refractivity contribution in [1.29, 1.82) is 0 Å². The minimum Gasteiger partial charge on any atom is -0.248 e. The van der Waals surface area contributed by atoms with E-state index in [2.05, 4.69) is 26.2 Å². The van der Waals surface area contributed by atoms with E-state index in [0.717, 1.165) is 12.1 Å². The van der Waals surface area contributed by atoms with Crippen LogP contribution in [0.25, 0.3) is 0 Å². The molecule has 2 aliphatic rings. The number of nitrogens with zero attached hydrogens (tertiary/aromatic N) is 4. The molecular formula is C15H17BrN4O2S. The monoisotopic (exact) mass is 396 g/mol. The molecule has 1 aliphatic heterocycles. The number of halogens is 1. The van der Waals surface area contributed by atoms with Crippen molar-refractivity contribution in [2.24, 2.45) is 0 Å². The van der Waals surface area contributed by atoms with E-state index in [-0.39, 0.29) is 6.04 Å². The van der Waals surface area contributed by atoms with E-state index >= 15 is 0 Å². The maximum Gasteiger partial charge on any atom is 0.244 e. The normalized spacial score (nSPS) is 22.6. The molecule has 2 heterocycles. The molecule has 23 heavy (non-hydrogen) atoms. The van der Waals surface area contributed by atoms with E-state index in [0.29, 0.717) is 28.4 Å². The maximum absolute atomic E-state index is 12.8. The zero-order valence-corrected chi connectivity index (χ0v) is 14.9. The molecule has 0 N–H and O–H groups in total. The largest absolute Gasteiger partial charge is 0.248 e. The first-order valence-corrected chi connectivity index (χ1v) is 9.95. The molecule has 1 saturated carbocycles. The fourth-order valence-electron chi connectivity index (χ4n) is 2.97. The summed E-state index contributed by atoms with van der Waals surface area (Å²) in [7, 11) is -3.48. The molecule has 1 aliphatic carbocycles. The van der Waals surface area contributed by atoms with Crippen LogP contribution in [0, 0.1) is 0 Å². The SMILES string of the molecule is O=S(=O)(c1ccccc1Br)N1CC[C@H](n2cc(C3CC3)nn2)C1. The van der Waals surface area contributed by atoms with Gasteiger partial charge in [-0.25, -0.2) is 13.1 Å². The topological polar surface area (TPSA) is 68.1 Å². The second kappa shape index (κ2) is 5.68. The van der Waals surface area contributed by atoms with Crippen LogP contribution in [0.2, 0.25) is 0 Å². The Morgan fingerprint density at radius 3 is 2.70 bits per heavy atom. The summed E-state index contributed by atoms with van der Waals surface area (Å²) in [5, 5.41) is 8.42. The third-order valence-corrected chi connectivity index (χ3v) is 7.36. The van der Waals surface area contributed by atoms with Crippen molar-refractivity contribution in [3.63, 3.8) is 0 Å². The van der Waals surface area contributed by atoms with Gasteiger partial charge in [0.1, 0.15) is 0 Å². The van der Waals surface area contributed by atoms with Crippen LogP contribution in [-0.2, 0) is 10.0 Å². The van der Waals surface area contributed by atoms with Gasteiger partial charge in [0.25, 0.3) is 0 Å². The zero-order valence-electron chi connectivity index (χ0n) is 12.5. The molecule has 122 valence electrons. The van der Waals surface area contributed by atoms with Crippen LogP contribution in [-0.4, -0.2) is 40.8 Å². The molecule has 0 radical (unpaired) electrons. The molecule has 2 aromatic rings. The van der Waals surface area contributed by atoms with Crippen LogP contribution >= 0.6 is 15.9 Å². The minimum absolute atomic E-state index is 0.0623. The van der Waals surface area contributed by atoms with Crippen molar-refractivity contribution in [3.8, 4) is 0 Å². The summed E-state index contributed by atoms with van der Waals surface area (Å²) in [5.41, 5.74) is 1.04. The van der Waals surface area contributed by atoms with Crippen molar-refractivity contribution < 1.29 is 8.42 Å². The van der Waals surface area contributed by atoms with E-state index in [1.807, 2.05) is 16.9 Å². The lowest BCUT2D eigenvalue weighted by Gasteiger charge is -2.17. The Hall–Kier alpha value is -1.25. The number of hydrogen-bond acceptors (Lipinski definition) is 4. The Labute approximate surface area is 143 Å². The average Bonchev–Trinajstić information content (AvgIpc) is 3.07. The lowest BCUT2D eigenvalue weighted by molar-refractivity contribution is 0.428. The molecule has 8 heteroatoms. The number of rotatable bonds is 4. The van der Waals surface area contributed by atoms with Crippen LogP contribution in [0.4, 0.5) is 0 Å². The molecule has 1 atom stereocenters. The van der Waals surface area contributed by atoms with Gasteiger partial charge < -0.3 is 0 Å². The molecule has 4 rings (SSSR count). The Morgan fingerprint density at radius 1 is 1.17 bits per heavy atom. The van der Waals surface area contributed by atoms with Crippen molar-refractivity contribution in [1.82, 2.24) is 19.3 Å². The highest BCUT2D eigenvalue weighted by molar-refractivity contribution is 9.10. The number of aromatic nitrogens is 3. The van der Waals surface area contributed by atoms with Crippen LogP contribution in [0.3, 0.4) is 0 Å². The Morgan fingerprint density at radius 2 is 1.96 bits per heavy atom. The van der Waals surface area contributed by atoms with Gasteiger partial charge in [-0.15, -0.1) is 5.10 Å². The van der Waals surface area contributed by atoms with Gasteiger partial charge in [-0.05, 0) is 47.3 Å². The van der Waals surface area contributed by atoms with Crippen LogP contribution in [0.5, 0.6) is 0 Å². The average molecular weight is 397 g/mol. The summed E-state index contributed by atoms with van der Waals surface area (Å²) in [6.07, 6.45) is 5.12. The molecule has 0 unspecified atom stereocenters. The zero-order chi connectivity index (χ0) is 16.0. The first kappa shape index (κ1) is 15.3. The quantitative estimate of drug-likeness (QED) is 0.795. The van der Waals surface area contributed by atoms with E-state index in [1.165, 1.54) is 17.1 Å². The van der Waals surface area contributed by atoms with E-state index in [1.54, 1.807) is 18.2 Å². The van der Waals surface area contributed by atoms with Crippen LogP contribution in [0.1, 0.15) is 36.9 Å². The fraction of sp³-hybridized carbons (Fsp3) is 0.467. The summed E-state index contributed by atoms with van der Waals surface area (Å²) < 4.78 is 29.6. The van der Waals surface area contributed by atoms with Gasteiger partial charge in [0.2, 0.25) is 10.0 Å². The minimum atomic E-state index is -3.48. The van der Waals surface area contributed by atoms with Gasteiger partial charge in [0.05, 0.1) is 16.6 Å². The highest BCUT2D eigenvalue weighted by atomic mass is 79.9. The molecule has 6 nitrogen and oxygen atoms in total. The lowest BCUT2D eigenvalue weighted by Crippen LogP contribution is -2.29. The Bertz CT molecular complexity index is 832. The summed E-state index contributed by atoms with van der Waals surface area (Å²) >= 11 is 3.33. The van der Waals surface area contributed by atoms with Crippen LogP contribution < -0.4 is 0 Å². The van der Waals surface area contributed by atoms with Gasteiger partial charge in [0, 0.05) is 29.7 Å². The van der Waals surface area contributed by atoms with Gasteiger partial charge >= 0.3 is 0 Å². The maximum atomic E-state index is 12.8. The fourth-order valence-corrected chi connectivity index (χ4v) is 5.43. The smallest absolute Gasteiger partial charge is 0.244 e. The van der Waals surface area contributed by atoms with Crippen LogP contribution in [0.15, 0.2) is 39.8 Å². The first-order valence-electron chi connectivity index (χ1n) is 7.72. The summed E-state index contributed by atoms with van der Waals surface area (Å²) in [6, 6.07) is 7.00. The highest BCUT2D eigenvalue weighted by Gasteiger charge is 2.35. The molecule has 1 aromatic heterocycles. The van der Waals surface area contributed by atoms with Gasteiger partial charge in [-0.2, -0.15) is 4.31 Å². The lowest BCUT2D eigenvalue weighted by atomic mass is 10.2. The third kappa shape index (κ3) is 2.83. The standard InChI is InChI=1S/C15H17BrN4O2S/c16-13-3-1-2-4-15(13)23(21,22)19-8-7-12(9-19)20-10-14(17-18-20)11-5-6-11/h1-4,10-12H,5-9H2/t12-/m0/s1.